The quantitative estimate of drug-likeness (QED) is 0.515. The molecule has 2 N–H and O–H groups in total. The van der Waals surface area contributed by atoms with Gasteiger partial charge in [-0.2, -0.15) is 0 Å². The van der Waals surface area contributed by atoms with Crippen LogP contribution in [-0.2, 0) is 22.2 Å². The van der Waals surface area contributed by atoms with Crippen molar-refractivity contribution in [1.82, 2.24) is 9.97 Å². The van der Waals surface area contributed by atoms with Crippen LogP contribution in [0, 0.1) is 0 Å². The molecule has 0 aliphatic carbocycles. The lowest BCUT2D eigenvalue weighted by Gasteiger charge is -2.28. The van der Waals surface area contributed by atoms with Crippen LogP contribution in [0.2, 0.25) is 0 Å². The molecule has 32 heavy (non-hydrogen) atoms. The minimum absolute atomic E-state index is 0.194. The normalized spacial score (nSPS) is 12.0. The zero-order valence-electron chi connectivity index (χ0n) is 20.0. The third-order valence-electron chi connectivity index (χ3n) is 5.40. The molecule has 0 saturated heterocycles. The van der Waals surface area contributed by atoms with Crippen LogP contribution in [0.1, 0.15) is 58.2 Å². The molecule has 6 heteroatoms. The van der Waals surface area contributed by atoms with Gasteiger partial charge in [-0.05, 0) is 28.5 Å². The Morgan fingerprint density at radius 3 is 2.12 bits per heavy atom. The maximum absolute atomic E-state index is 12.5. The van der Waals surface area contributed by atoms with Crippen molar-refractivity contribution in [2.75, 3.05) is 11.9 Å². The summed E-state index contributed by atoms with van der Waals surface area (Å²) in [6.07, 6.45) is 1.20. The number of phenols is 1. The van der Waals surface area contributed by atoms with Gasteiger partial charge in [-0.1, -0.05) is 71.9 Å². The van der Waals surface area contributed by atoms with E-state index < -0.39 is 6.09 Å². The highest BCUT2D eigenvalue weighted by molar-refractivity contribution is 5.85. The Bertz CT molecular complexity index is 1050. The molecule has 0 spiro atoms. The van der Waals surface area contributed by atoms with Crippen molar-refractivity contribution in [2.24, 2.45) is 0 Å². The van der Waals surface area contributed by atoms with Crippen molar-refractivity contribution in [2.45, 2.75) is 59.0 Å². The second-order valence-electron chi connectivity index (χ2n) is 10.1. The van der Waals surface area contributed by atoms with E-state index in [1.165, 1.54) is 4.90 Å². The first-order chi connectivity index (χ1) is 14.9. The SMILES string of the molecule is CN(C(=O)OCc1ccccc1)c1ncc(-c2cc(C(C)(C)C)c(O)c(C(C)(C)C)c2)[nH]1. The number of hydrogen-bond acceptors (Lipinski definition) is 4. The van der Waals surface area contributed by atoms with Crippen LogP contribution in [0.25, 0.3) is 11.3 Å². The molecule has 1 heterocycles. The number of aromatic amines is 1. The highest BCUT2D eigenvalue weighted by atomic mass is 16.6. The first kappa shape index (κ1) is 23.4. The van der Waals surface area contributed by atoms with Gasteiger partial charge in [0, 0.05) is 23.7 Å². The van der Waals surface area contributed by atoms with Crippen LogP contribution in [0.5, 0.6) is 5.75 Å². The van der Waals surface area contributed by atoms with Crippen molar-refractivity contribution in [1.29, 1.82) is 0 Å². The lowest BCUT2D eigenvalue weighted by atomic mass is 9.78. The third-order valence-corrected chi connectivity index (χ3v) is 5.40. The predicted molar refractivity (Wildman–Crippen MR) is 128 cm³/mol. The minimum atomic E-state index is -0.494. The predicted octanol–water partition coefficient (Wildman–Crippen LogP) is 6.15. The largest absolute Gasteiger partial charge is 0.507 e. The lowest BCUT2D eigenvalue weighted by Crippen LogP contribution is -2.27. The Hall–Kier alpha value is -3.28. The number of phenolic OH excluding ortho intramolecular Hbond substituents is 1. The zero-order chi connectivity index (χ0) is 23.7. The monoisotopic (exact) mass is 435 g/mol. The summed E-state index contributed by atoms with van der Waals surface area (Å²) in [7, 11) is 1.62. The van der Waals surface area contributed by atoms with Crippen LogP contribution < -0.4 is 4.90 Å². The van der Waals surface area contributed by atoms with Gasteiger partial charge in [0.15, 0.2) is 0 Å². The highest BCUT2D eigenvalue weighted by Crippen LogP contribution is 2.41. The number of carbonyl (C=O) groups is 1. The number of carbonyl (C=O) groups excluding carboxylic acids is 1. The summed E-state index contributed by atoms with van der Waals surface area (Å²) in [6.45, 7) is 12.7. The average molecular weight is 436 g/mol. The summed E-state index contributed by atoms with van der Waals surface area (Å²) >= 11 is 0. The van der Waals surface area contributed by atoms with Gasteiger partial charge in [0.25, 0.3) is 0 Å². The number of nitrogens with one attached hydrogen (secondary N) is 1. The van der Waals surface area contributed by atoms with E-state index in [-0.39, 0.29) is 17.4 Å². The molecule has 1 aromatic heterocycles. The van der Waals surface area contributed by atoms with Gasteiger partial charge in [0.05, 0.1) is 11.9 Å². The van der Waals surface area contributed by atoms with Crippen molar-refractivity contribution < 1.29 is 14.6 Å². The Kier molecular flexibility index (Phi) is 6.35. The van der Waals surface area contributed by atoms with Crippen molar-refractivity contribution in [3.63, 3.8) is 0 Å². The maximum Gasteiger partial charge on any atom is 0.416 e. The molecule has 0 radical (unpaired) electrons. The fraction of sp³-hybridized carbons (Fsp3) is 0.385. The van der Waals surface area contributed by atoms with E-state index in [1.54, 1.807) is 13.2 Å². The molecule has 0 saturated carbocycles. The number of anilines is 1. The van der Waals surface area contributed by atoms with E-state index >= 15 is 0 Å². The molecule has 0 bridgehead atoms. The fourth-order valence-corrected chi connectivity index (χ4v) is 3.46. The summed E-state index contributed by atoms with van der Waals surface area (Å²) in [5, 5.41) is 11.0. The summed E-state index contributed by atoms with van der Waals surface area (Å²) in [4.78, 5) is 21.4. The fourth-order valence-electron chi connectivity index (χ4n) is 3.46. The van der Waals surface area contributed by atoms with E-state index in [1.807, 2.05) is 42.5 Å². The first-order valence-corrected chi connectivity index (χ1v) is 10.8. The smallest absolute Gasteiger partial charge is 0.416 e. The van der Waals surface area contributed by atoms with Gasteiger partial charge in [0.2, 0.25) is 5.95 Å². The molecule has 0 fully saturated rings. The molecule has 0 atom stereocenters. The van der Waals surface area contributed by atoms with Crippen LogP contribution in [-0.4, -0.2) is 28.2 Å². The summed E-state index contributed by atoms with van der Waals surface area (Å²) in [5.74, 6) is 0.718. The minimum Gasteiger partial charge on any atom is -0.507 e. The van der Waals surface area contributed by atoms with E-state index in [0.717, 1.165) is 27.9 Å². The Morgan fingerprint density at radius 2 is 1.59 bits per heavy atom. The molecule has 3 aromatic rings. The molecule has 0 unspecified atom stereocenters. The number of ether oxygens (including phenoxy) is 1. The second kappa shape index (κ2) is 8.69. The van der Waals surface area contributed by atoms with Crippen molar-refractivity contribution in [3.8, 4) is 17.0 Å². The summed E-state index contributed by atoms with van der Waals surface area (Å²) < 4.78 is 5.40. The van der Waals surface area contributed by atoms with Crippen LogP contribution in [0.15, 0.2) is 48.7 Å². The third kappa shape index (κ3) is 5.13. The number of benzene rings is 2. The van der Waals surface area contributed by atoms with Crippen molar-refractivity contribution >= 4 is 12.0 Å². The van der Waals surface area contributed by atoms with E-state index in [0.29, 0.717) is 11.7 Å². The maximum atomic E-state index is 12.5. The summed E-state index contributed by atoms with van der Waals surface area (Å²) in [5.41, 5.74) is 3.85. The molecule has 3 rings (SSSR count). The van der Waals surface area contributed by atoms with Gasteiger partial charge < -0.3 is 14.8 Å². The molecule has 170 valence electrons. The average Bonchev–Trinajstić information content (AvgIpc) is 3.21. The van der Waals surface area contributed by atoms with E-state index in [9.17, 15) is 9.90 Å². The van der Waals surface area contributed by atoms with E-state index in [4.69, 9.17) is 4.74 Å². The Labute approximate surface area is 190 Å². The number of imidazole rings is 1. The van der Waals surface area contributed by atoms with Crippen LogP contribution >= 0.6 is 0 Å². The van der Waals surface area contributed by atoms with Crippen LogP contribution in [0.4, 0.5) is 10.7 Å². The number of nitrogens with zero attached hydrogens (tertiary/aromatic N) is 2. The van der Waals surface area contributed by atoms with E-state index in [2.05, 4.69) is 51.5 Å². The molecular formula is C26H33N3O3. The standard InChI is InChI=1S/C26H33N3O3/c1-25(2,3)19-13-18(14-20(22(19)30)26(4,5)6)21-15-27-23(28-21)29(7)24(31)32-16-17-11-9-8-10-12-17/h8-15,30H,16H2,1-7H3,(H,27,28). The zero-order valence-corrected chi connectivity index (χ0v) is 20.0. The number of H-pyrrole nitrogens is 1. The van der Waals surface area contributed by atoms with Gasteiger partial charge in [-0.3, -0.25) is 4.90 Å². The van der Waals surface area contributed by atoms with Gasteiger partial charge in [0.1, 0.15) is 12.4 Å². The lowest BCUT2D eigenvalue weighted by molar-refractivity contribution is 0.148. The Morgan fingerprint density at radius 1 is 1.03 bits per heavy atom. The number of hydrogen-bond donors (Lipinski definition) is 2. The molecule has 1 amide bonds. The number of amides is 1. The topological polar surface area (TPSA) is 78.5 Å². The summed E-state index contributed by atoms with van der Waals surface area (Å²) in [6, 6.07) is 13.5. The molecule has 6 nitrogen and oxygen atoms in total. The van der Waals surface area contributed by atoms with Crippen molar-refractivity contribution in [3.05, 3.63) is 65.4 Å². The van der Waals surface area contributed by atoms with Gasteiger partial charge >= 0.3 is 6.09 Å². The molecule has 0 aliphatic heterocycles. The Balaban J connectivity index is 1.88. The number of aromatic hydroxyl groups is 1. The highest BCUT2D eigenvalue weighted by Gasteiger charge is 2.27. The number of rotatable bonds is 4. The molecule has 2 aromatic carbocycles. The van der Waals surface area contributed by atoms with Crippen LogP contribution in [0.3, 0.4) is 0 Å². The molecular weight excluding hydrogens is 402 g/mol. The van der Waals surface area contributed by atoms with Gasteiger partial charge in [-0.25, -0.2) is 9.78 Å². The first-order valence-electron chi connectivity index (χ1n) is 10.8. The number of aromatic nitrogens is 2. The van der Waals surface area contributed by atoms with Gasteiger partial charge in [-0.15, -0.1) is 0 Å². The second-order valence-corrected chi connectivity index (χ2v) is 10.1. The molecule has 0 aliphatic rings.